The van der Waals surface area contributed by atoms with Gasteiger partial charge in [0.15, 0.2) is 5.13 Å². The lowest BCUT2D eigenvalue weighted by molar-refractivity contribution is -0.114. The molecule has 0 bridgehead atoms. The molecule has 0 spiro atoms. The Bertz CT molecular complexity index is 651. The van der Waals surface area contributed by atoms with Gasteiger partial charge in [-0.25, -0.2) is 9.78 Å². The van der Waals surface area contributed by atoms with Crippen LogP contribution in [0, 0.1) is 0 Å². The van der Waals surface area contributed by atoms with Crippen molar-refractivity contribution >= 4 is 39.8 Å². The van der Waals surface area contributed by atoms with Gasteiger partial charge in [0.25, 0.3) is 0 Å². The van der Waals surface area contributed by atoms with Crippen LogP contribution in [0.1, 0.15) is 22.4 Å². The number of nitrogens with one attached hydrogen (secondary N) is 1. The normalized spacial score (nSPS) is 10.4. The topological polar surface area (TPSA) is 94.3 Å². The second-order valence-electron chi connectivity index (χ2n) is 4.61. The average Bonchev–Trinajstić information content (AvgIpc) is 3.05. The average molecular weight is 339 g/mol. The monoisotopic (exact) mass is 339 g/mol. The van der Waals surface area contributed by atoms with Crippen LogP contribution in [0.2, 0.25) is 0 Å². The smallest absolute Gasteiger partial charge is 0.404 e. The number of carbonyl (C=O) groups excluding carboxylic acids is 2. The standard InChI is InChI=1S/C14H17N3O3S2/c1-9(18)16-14-17-10(8-21-14)2-3-11-4-5-12(22-11)6-7-20-13(15)19/h4-5,8H,2-3,6-7H2,1H3,(H2,15,19)(H,16,17,18). The molecule has 0 unspecified atom stereocenters. The molecule has 0 aliphatic rings. The summed E-state index contributed by atoms with van der Waals surface area (Å²) in [6.07, 6.45) is 1.66. The van der Waals surface area contributed by atoms with Gasteiger partial charge < -0.3 is 15.8 Å². The van der Waals surface area contributed by atoms with Gasteiger partial charge in [-0.1, -0.05) is 0 Å². The zero-order valence-corrected chi connectivity index (χ0v) is 13.8. The van der Waals surface area contributed by atoms with Crippen LogP contribution in [0.4, 0.5) is 9.93 Å². The minimum Gasteiger partial charge on any atom is -0.449 e. The fraction of sp³-hybridized carbons (Fsp3) is 0.357. The summed E-state index contributed by atoms with van der Waals surface area (Å²) in [5.41, 5.74) is 5.89. The summed E-state index contributed by atoms with van der Waals surface area (Å²) in [6.45, 7) is 1.78. The molecule has 0 aromatic carbocycles. The van der Waals surface area contributed by atoms with E-state index in [9.17, 15) is 9.59 Å². The van der Waals surface area contributed by atoms with Crippen LogP contribution in [0.3, 0.4) is 0 Å². The third kappa shape index (κ3) is 5.45. The fourth-order valence-electron chi connectivity index (χ4n) is 1.82. The van der Waals surface area contributed by atoms with Gasteiger partial charge >= 0.3 is 6.09 Å². The van der Waals surface area contributed by atoms with Crippen LogP contribution >= 0.6 is 22.7 Å². The van der Waals surface area contributed by atoms with E-state index in [0.29, 0.717) is 18.2 Å². The number of aromatic nitrogens is 1. The summed E-state index contributed by atoms with van der Waals surface area (Å²) in [6, 6.07) is 4.11. The minimum atomic E-state index is -0.740. The first-order valence-corrected chi connectivity index (χ1v) is 8.44. The Balaban J connectivity index is 1.79. The van der Waals surface area contributed by atoms with Gasteiger partial charge in [0.05, 0.1) is 12.3 Å². The molecule has 0 saturated heterocycles. The lowest BCUT2D eigenvalue weighted by Crippen LogP contribution is -2.14. The molecule has 22 heavy (non-hydrogen) atoms. The number of thiophene rings is 1. The lowest BCUT2D eigenvalue weighted by Gasteiger charge is -1.98. The summed E-state index contributed by atoms with van der Waals surface area (Å²) >= 11 is 3.13. The highest BCUT2D eigenvalue weighted by Crippen LogP contribution is 2.21. The first-order valence-electron chi connectivity index (χ1n) is 6.75. The van der Waals surface area contributed by atoms with E-state index in [1.54, 1.807) is 11.3 Å². The van der Waals surface area contributed by atoms with E-state index >= 15 is 0 Å². The second kappa shape index (κ2) is 7.90. The number of primary amides is 1. The number of nitrogens with two attached hydrogens (primary N) is 1. The third-order valence-electron chi connectivity index (χ3n) is 2.77. The molecule has 0 aliphatic carbocycles. The number of rotatable bonds is 7. The van der Waals surface area contributed by atoms with Gasteiger partial charge in [0.2, 0.25) is 5.91 Å². The zero-order valence-electron chi connectivity index (χ0n) is 12.1. The first kappa shape index (κ1) is 16.4. The Morgan fingerprint density at radius 1 is 1.27 bits per heavy atom. The Labute approximate surface area is 136 Å². The number of anilines is 1. The van der Waals surface area contributed by atoms with Crippen LogP contribution < -0.4 is 11.1 Å². The van der Waals surface area contributed by atoms with Crippen molar-refractivity contribution in [2.45, 2.75) is 26.2 Å². The van der Waals surface area contributed by atoms with E-state index in [2.05, 4.69) is 16.4 Å². The quantitative estimate of drug-likeness (QED) is 0.810. The Morgan fingerprint density at radius 3 is 2.68 bits per heavy atom. The molecule has 0 aliphatic heterocycles. The van der Waals surface area contributed by atoms with Crippen LogP contribution in [0.15, 0.2) is 17.5 Å². The molecule has 2 amide bonds. The maximum absolute atomic E-state index is 11.0. The van der Waals surface area contributed by atoms with E-state index in [0.717, 1.165) is 23.4 Å². The third-order valence-corrected chi connectivity index (χ3v) is 4.78. The zero-order chi connectivity index (χ0) is 15.9. The molecule has 6 nitrogen and oxygen atoms in total. The summed E-state index contributed by atoms with van der Waals surface area (Å²) in [7, 11) is 0. The first-order chi connectivity index (χ1) is 10.5. The van der Waals surface area contributed by atoms with Crippen LogP contribution in [0.25, 0.3) is 0 Å². The van der Waals surface area contributed by atoms with Crippen molar-refractivity contribution in [3.63, 3.8) is 0 Å². The van der Waals surface area contributed by atoms with Crippen molar-refractivity contribution in [2.75, 3.05) is 11.9 Å². The number of hydrogen-bond donors (Lipinski definition) is 2. The molecule has 0 radical (unpaired) electrons. The summed E-state index contributed by atoms with van der Waals surface area (Å²) in [5.74, 6) is -0.109. The van der Waals surface area contributed by atoms with Gasteiger partial charge in [-0.05, 0) is 25.0 Å². The Morgan fingerprint density at radius 2 is 2.00 bits per heavy atom. The van der Waals surface area contributed by atoms with Gasteiger partial charge in [-0.15, -0.1) is 22.7 Å². The highest BCUT2D eigenvalue weighted by atomic mass is 32.1. The maximum atomic E-state index is 11.0. The largest absolute Gasteiger partial charge is 0.449 e. The number of ether oxygens (including phenoxy) is 1. The van der Waals surface area contributed by atoms with E-state index in [1.165, 1.54) is 23.1 Å². The van der Waals surface area contributed by atoms with Crippen LogP contribution in [-0.4, -0.2) is 23.6 Å². The number of nitrogens with zero attached hydrogens (tertiary/aromatic N) is 1. The van der Waals surface area contributed by atoms with E-state index in [4.69, 9.17) is 10.5 Å². The van der Waals surface area contributed by atoms with Crippen molar-refractivity contribution < 1.29 is 14.3 Å². The van der Waals surface area contributed by atoms with Gasteiger partial charge in [-0.2, -0.15) is 0 Å². The molecule has 2 aromatic rings. The number of amides is 2. The van der Waals surface area contributed by atoms with Crippen molar-refractivity contribution in [1.29, 1.82) is 0 Å². The molecule has 0 saturated carbocycles. The van der Waals surface area contributed by atoms with Crippen molar-refractivity contribution in [1.82, 2.24) is 4.98 Å². The fourth-order valence-corrected chi connectivity index (χ4v) is 3.61. The molecular weight excluding hydrogens is 322 g/mol. The number of thiazole rings is 1. The van der Waals surface area contributed by atoms with Gasteiger partial charge in [-0.3, -0.25) is 4.79 Å². The molecule has 2 aromatic heterocycles. The minimum absolute atomic E-state index is 0.109. The molecule has 2 rings (SSSR count). The predicted octanol–water partition coefficient (Wildman–Crippen LogP) is 2.59. The number of aryl methyl sites for hydroxylation is 2. The molecule has 0 atom stereocenters. The van der Waals surface area contributed by atoms with Gasteiger partial charge in [0.1, 0.15) is 0 Å². The van der Waals surface area contributed by atoms with E-state index in [1.807, 2.05) is 11.4 Å². The summed E-state index contributed by atoms with van der Waals surface area (Å²) in [4.78, 5) is 28.2. The van der Waals surface area contributed by atoms with Gasteiger partial charge in [0, 0.05) is 28.5 Å². The number of hydrogen-bond acceptors (Lipinski definition) is 6. The highest BCUT2D eigenvalue weighted by Gasteiger charge is 2.06. The lowest BCUT2D eigenvalue weighted by atomic mass is 10.2. The van der Waals surface area contributed by atoms with Crippen molar-refractivity contribution in [2.24, 2.45) is 5.73 Å². The molecule has 118 valence electrons. The van der Waals surface area contributed by atoms with E-state index in [-0.39, 0.29) is 5.91 Å². The summed E-state index contributed by atoms with van der Waals surface area (Å²) < 4.78 is 4.72. The highest BCUT2D eigenvalue weighted by molar-refractivity contribution is 7.14. The van der Waals surface area contributed by atoms with Crippen LogP contribution in [-0.2, 0) is 28.8 Å². The summed E-state index contributed by atoms with van der Waals surface area (Å²) in [5, 5.41) is 5.28. The van der Waals surface area contributed by atoms with E-state index < -0.39 is 6.09 Å². The van der Waals surface area contributed by atoms with Crippen molar-refractivity contribution in [3.05, 3.63) is 33.0 Å². The number of carbonyl (C=O) groups is 2. The second-order valence-corrected chi connectivity index (χ2v) is 6.72. The Kier molecular flexibility index (Phi) is 5.91. The van der Waals surface area contributed by atoms with Crippen molar-refractivity contribution in [3.8, 4) is 0 Å². The molecule has 0 fully saturated rings. The predicted molar refractivity (Wildman–Crippen MR) is 87.4 cm³/mol. The molecular formula is C14H17N3O3S2. The SMILES string of the molecule is CC(=O)Nc1nc(CCc2ccc(CCOC(N)=O)s2)cs1. The molecule has 3 N–H and O–H groups in total. The maximum Gasteiger partial charge on any atom is 0.404 e. The molecule has 2 heterocycles. The Hall–Kier alpha value is -1.93. The van der Waals surface area contributed by atoms with Crippen LogP contribution in [0.5, 0.6) is 0 Å². The molecule has 8 heteroatoms.